The molecule has 0 aliphatic rings. The van der Waals surface area contributed by atoms with E-state index < -0.39 is 8.80 Å². The van der Waals surface area contributed by atoms with Gasteiger partial charge in [0.25, 0.3) is 0 Å². The second-order valence-electron chi connectivity index (χ2n) is 9.69. The Balaban J connectivity index is 2.08. The van der Waals surface area contributed by atoms with E-state index >= 15 is 0 Å². The minimum atomic E-state index is -1.18. The van der Waals surface area contributed by atoms with Crippen molar-refractivity contribution in [3.63, 3.8) is 0 Å². The largest absolute Gasteiger partial charge is 0.490 e. The van der Waals surface area contributed by atoms with Crippen LogP contribution in [0, 0.1) is 30.0 Å². The van der Waals surface area contributed by atoms with Gasteiger partial charge < -0.3 is 4.74 Å². The zero-order valence-electron chi connectivity index (χ0n) is 20.7. The summed E-state index contributed by atoms with van der Waals surface area (Å²) < 4.78 is 20.2. The first kappa shape index (κ1) is 25.9. The molecule has 0 saturated carbocycles. The molecule has 0 aromatic heterocycles. The summed E-state index contributed by atoms with van der Waals surface area (Å²) in [5.74, 6) is 7.07. The molecule has 0 radical (unpaired) electrons. The molecule has 0 aliphatic heterocycles. The van der Waals surface area contributed by atoms with Crippen molar-refractivity contribution < 1.29 is 9.13 Å². The maximum absolute atomic E-state index is 13.7. The summed E-state index contributed by atoms with van der Waals surface area (Å²) in [5, 5.41) is 0. The average Bonchev–Trinajstić information content (AvgIpc) is 2.72. The van der Waals surface area contributed by atoms with Crippen LogP contribution in [0.3, 0.4) is 0 Å². The van der Waals surface area contributed by atoms with E-state index in [1.165, 1.54) is 5.56 Å². The first-order valence-corrected chi connectivity index (χ1v) is 14.5. The van der Waals surface area contributed by atoms with Crippen molar-refractivity contribution in [1.29, 1.82) is 0 Å². The smallest absolute Gasteiger partial charge is 0.126 e. The second-order valence-corrected chi connectivity index (χ2v) is 12.8. The highest BCUT2D eigenvalue weighted by molar-refractivity contribution is 6.57. The summed E-state index contributed by atoms with van der Waals surface area (Å²) in [5.41, 5.74) is 2.98. The molecule has 0 fully saturated rings. The molecule has 0 spiro atoms. The van der Waals surface area contributed by atoms with E-state index in [9.17, 15) is 4.39 Å². The van der Waals surface area contributed by atoms with Crippen LogP contribution < -0.4 is 4.74 Å². The summed E-state index contributed by atoms with van der Waals surface area (Å²) in [6, 6.07) is 13.7. The molecule has 0 heterocycles. The van der Waals surface area contributed by atoms with Gasteiger partial charge in [0, 0.05) is 18.5 Å². The Kier molecular flexibility index (Phi) is 9.75. The summed E-state index contributed by atoms with van der Waals surface area (Å²) in [4.78, 5) is 2.37. The molecule has 32 heavy (non-hydrogen) atoms. The lowest BCUT2D eigenvalue weighted by molar-refractivity contribution is 0.278. The molecular weight excluding hydrogens is 413 g/mol. The molecule has 172 valence electrons. The van der Waals surface area contributed by atoms with Crippen molar-refractivity contribution in [3.8, 4) is 17.6 Å². The SMILES string of the molecule is CCN(C/C=C/C#CC(C)(C)C)Cc1cccc(OC(c2ccc(F)c(C)c2)[SiH](C)C)c1. The Labute approximate surface area is 196 Å². The average molecular weight is 452 g/mol. The van der Waals surface area contributed by atoms with E-state index in [0.717, 1.165) is 30.9 Å². The Hall–Kier alpha value is -2.35. The van der Waals surface area contributed by atoms with Gasteiger partial charge in [0.1, 0.15) is 17.3 Å². The zero-order chi connectivity index (χ0) is 23.7. The van der Waals surface area contributed by atoms with Gasteiger partial charge in [0.15, 0.2) is 0 Å². The van der Waals surface area contributed by atoms with Crippen molar-refractivity contribution >= 4 is 8.80 Å². The minimum absolute atomic E-state index is 0.0103. The monoisotopic (exact) mass is 451 g/mol. The van der Waals surface area contributed by atoms with Gasteiger partial charge in [-0.15, -0.1) is 0 Å². The predicted molar refractivity (Wildman–Crippen MR) is 137 cm³/mol. The highest BCUT2D eigenvalue weighted by atomic mass is 28.3. The van der Waals surface area contributed by atoms with E-state index in [2.05, 4.69) is 81.8 Å². The third kappa shape index (κ3) is 8.65. The lowest BCUT2D eigenvalue weighted by atomic mass is 9.98. The third-order valence-electron chi connectivity index (χ3n) is 5.14. The van der Waals surface area contributed by atoms with E-state index in [-0.39, 0.29) is 17.0 Å². The number of hydrogen-bond donors (Lipinski definition) is 0. The first-order chi connectivity index (χ1) is 15.1. The van der Waals surface area contributed by atoms with Crippen LogP contribution >= 0.6 is 0 Å². The fourth-order valence-corrected chi connectivity index (χ4v) is 4.79. The van der Waals surface area contributed by atoms with E-state index in [4.69, 9.17) is 4.74 Å². The van der Waals surface area contributed by atoms with Crippen LogP contribution in [0.25, 0.3) is 0 Å². The Morgan fingerprint density at radius 2 is 1.91 bits per heavy atom. The molecule has 2 aromatic carbocycles. The quantitative estimate of drug-likeness (QED) is 0.310. The van der Waals surface area contributed by atoms with Gasteiger partial charge in [-0.2, -0.15) is 0 Å². The van der Waals surface area contributed by atoms with Gasteiger partial charge in [0.2, 0.25) is 0 Å². The summed E-state index contributed by atoms with van der Waals surface area (Å²) in [6.45, 7) is 17.5. The van der Waals surface area contributed by atoms with Crippen molar-refractivity contribution in [1.82, 2.24) is 4.90 Å². The molecule has 4 heteroatoms. The summed E-state index contributed by atoms with van der Waals surface area (Å²) >= 11 is 0. The summed E-state index contributed by atoms with van der Waals surface area (Å²) in [6.07, 6.45) is 4.08. The lowest BCUT2D eigenvalue weighted by Crippen LogP contribution is -2.23. The van der Waals surface area contributed by atoms with Crippen LogP contribution in [-0.4, -0.2) is 26.8 Å². The Bertz CT molecular complexity index is 965. The van der Waals surface area contributed by atoms with Gasteiger partial charge in [-0.25, -0.2) is 4.39 Å². The molecule has 0 N–H and O–H groups in total. The van der Waals surface area contributed by atoms with E-state index in [1.54, 1.807) is 13.0 Å². The molecule has 2 aromatic rings. The van der Waals surface area contributed by atoms with Gasteiger partial charge >= 0.3 is 0 Å². The van der Waals surface area contributed by atoms with E-state index in [1.807, 2.05) is 24.3 Å². The van der Waals surface area contributed by atoms with Crippen molar-refractivity contribution in [2.75, 3.05) is 13.1 Å². The van der Waals surface area contributed by atoms with Gasteiger partial charge in [-0.1, -0.05) is 56.1 Å². The number of aryl methyl sites for hydroxylation is 1. The topological polar surface area (TPSA) is 12.5 Å². The second kappa shape index (κ2) is 12.0. The number of nitrogens with zero attached hydrogens (tertiary/aromatic N) is 1. The molecule has 0 aliphatic carbocycles. The number of hydrogen-bond acceptors (Lipinski definition) is 2. The Morgan fingerprint density at radius 3 is 2.53 bits per heavy atom. The standard InChI is InChI=1S/C28H38FNOSi/c1-8-30(18-11-9-10-17-28(3,4)5)21-23-13-12-14-25(20-23)31-27(32(6)7)24-15-16-26(29)22(2)19-24/h9,11-16,19-20,27,32H,8,18,21H2,1-7H3/b11-9+. The number of halogens is 1. The molecule has 0 bridgehead atoms. The van der Waals surface area contributed by atoms with Crippen molar-refractivity contribution in [2.24, 2.45) is 5.41 Å². The molecule has 1 unspecified atom stereocenters. The zero-order valence-corrected chi connectivity index (χ0v) is 21.9. The van der Waals surface area contributed by atoms with Crippen LogP contribution in [0.4, 0.5) is 4.39 Å². The Morgan fingerprint density at radius 1 is 1.16 bits per heavy atom. The van der Waals surface area contributed by atoms with Crippen LogP contribution in [0.15, 0.2) is 54.6 Å². The number of likely N-dealkylation sites (N-methyl/N-ethyl adjacent to an activating group) is 1. The number of ether oxygens (including phenoxy) is 1. The minimum Gasteiger partial charge on any atom is -0.490 e. The fraction of sp³-hybridized carbons (Fsp3) is 0.429. The van der Waals surface area contributed by atoms with Crippen LogP contribution in [-0.2, 0) is 6.54 Å². The lowest BCUT2D eigenvalue weighted by Gasteiger charge is -2.24. The number of allylic oxidation sites excluding steroid dienone is 1. The van der Waals surface area contributed by atoms with Crippen LogP contribution in [0.5, 0.6) is 5.75 Å². The normalized spacial score (nSPS) is 12.8. The third-order valence-corrected chi connectivity index (χ3v) is 6.87. The van der Waals surface area contributed by atoms with Crippen LogP contribution in [0.2, 0.25) is 13.1 Å². The number of rotatable bonds is 9. The maximum atomic E-state index is 13.7. The van der Waals surface area contributed by atoms with Crippen molar-refractivity contribution in [2.45, 2.75) is 60.0 Å². The maximum Gasteiger partial charge on any atom is 0.126 e. The first-order valence-electron chi connectivity index (χ1n) is 11.5. The predicted octanol–water partition coefficient (Wildman–Crippen LogP) is 6.71. The number of benzene rings is 2. The molecule has 2 rings (SSSR count). The molecule has 1 atom stereocenters. The molecule has 2 nitrogen and oxygen atoms in total. The fourth-order valence-electron chi connectivity index (χ4n) is 3.38. The van der Waals surface area contributed by atoms with Crippen molar-refractivity contribution in [3.05, 3.63) is 77.1 Å². The highest BCUT2D eigenvalue weighted by Gasteiger charge is 2.20. The molecular formula is C28H38FNOSi. The molecule has 0 amide bonds. The highest BCUT2D eigenvalue weighted by Crippen LogP contribution is 2.27. The molecule has 0 saturated heterocycles. The van der Waals surface area contributed by atoms with E-state index in [0.29, 0.717) is 5.56 Å². The van der Waals surface area contributed by atoms with Gasteiger partial charge in [0.05, 0.1) is 8.80 Å². The van der Waals surface area contributed by atoms with Gasteiger partial charge in [-0.3, -0.25) is 4.90 Å². The van der Waals surface area contributed by atoms with Crippen LogP contribution in [0.1, 0.15) is 50.1 Å². The van der Waals surface area contributed by atoms with Gasteiger partial charge in [-0.05, 0) is 81.3 Å². The summed E-state index contributed by atoms with van der Waals surface area (Å²) in [7, 11) is -1.18.